The quantitative estimate of drug-likeness (QED) is 0.739. The highest BCUT2D eigenvalue weighted by atomic mass is 19.1. The van der Waals surface area contributed by atoms with Crippen LogP contribution < -0.4 is 5.73 Å². The first kappa shape index (κ1) is 15.4. The third-order valence-electron chi connectivity index (χ3n) is 4.81. The largest absolute Gasteiger partial charge is 0.321 e. The Morgan fingerprint density at radius 1 is 1.15 bits per heavy atom. The van der Waals surface area contributed by atoms with E-state index in [1.807, 2.05) is 0 Å². The van der Waals surface area contributed by atoms with Crippen LogP contribution in [0.1, 0.15) is 58.4 Å². The minimum atomic E-state index is -0.655. The van der Waals surface area contributed by atoms with E-state index in [4.69, 9.17) is 5.73 Å². The van der Waals surface area contributed by atoms with Crippen LogP contribution in [0.2, 0.25) is 0 Å². The van der Waals surface area contributed by atoms with Crippen LogP contribution in [0.25, 0.3) is 0 Å². The van der Waals surface area contributed by atoms with E-state index in [2.05, 4.69) is 20.8 Å². The van der Waals surface area contributed by atoms with Crippen LogP contribution >= 0.6 is 0 Å². The summed E-state index contributed by atoms with van der Waals surface area (Å²) in [6.45, 7) is 6.75. The average molecular weight is 281 g/mol. The Bertz CT molecular complexity index is 478. The van der Waals surface area contributed by atoms with Crippen LogP contribution in [0.3, 0.4) is 0 Å². The number of hydrogen-bond acceptors (Lipinski definition) is 1. The first-order valence-corrected chi connectivity index (χ1v) is 7.47. The van der Waals surface area contributed by atoms with Crippen molar-refractivity contribution in [3.8, 4) is 0 Å². The molecule has 0 saturated heterocycles. The first-order chi connectivity index (χ1) is 9.22. The number of rotatable bonds is 1. The van der Waals surface area contributed by atoms with E-state index in [1.165, 1.54) is 12.1 Å². The summed E-state index contributed by atoms with van der Waals surface area (Å²) in [5.74, 6) is -0.450. The van der Waals surface area contributed by atoms with Gasteiger partial charge in [-0.25, -0.2) is 8.78 Å². The molecular weight excluding hydrogens is 256 g/mol. The molecule has 1 fully saturated rings. The summed E-state index contributed by atoms with van der Waals surface area (Å²) in [4.78, 5) is 0. The topological polar surface area (TPSA) is 26.0 Å². The molecule has 0 bridgehead atoms. The van der Waals surface area contributed by atoms with Crippen molar-refractivity contribution < 1.29 is 8.78 Å². The van der Waals surface area contributed by atoms with Crippen LogP contribution in [0, 0.1) is 23.0 Å². The summed E-state index contributed by atoms with van der Waals surface area (Å²) < 4.78 is 27.1. The lowest BCUT2D eigenvalue weighted by atomic mass is 9.75. The summed E-state index contributed by atoms with van der Waals surface area (Å²) in [5.41, 5.74) is 6.54. The molecular formula is C17H25F2N. The van der Waals surface area contributed by atoms with Gasteiger partial charge >= 0.3 is 0 Å². The van der Waals surface area contributed by atoms with Crippen molar-refractivity contribution in [2.24, 2.45) is 17.1 Å². The predicted octanol–water partition coefficient (Wildman–Crippen LogP) is 4.75. The number of halogens is 2. The molecule has 1 aromatic carbocycles. The van der Waals surface area contributed by atoms with Gasteiger partial charge in [0.2, 0.25) is 0 Å². The minimum absolute atomic E-state index is 0.257. The number of nitrogens with two attached hydrogens (primary N) is 1. The highest BCUT2D eigenvalue weighted by Crippen LogP contribution is 2.42. The Hall–Kier alpha value is -0.960. The lowest BCUT2D eigenvalue weighted by Crippen LogP contribution is -2.37. The minimum Gasteiger partial charge on any atom is -0.321 e. The molecule has 3 heteroatoms. The molecule has 2 N–H and O–H groups in total. The monoisotopic (exact) mass is 281 g/mol. The molecule has 0 heterocycles. The van der Waals surface area contributed by atoms with Crippen molar-refractivity contribution >= 4 is 0 Å². The van der Waals surface area contributed by atoms with E-state index < -0.39 is 17.2 Å². The molecule has 2 rings (SSSR count). The highest BCUT2D eigenvalue weighted by molar-refractivity contribution is 5.27. The Kier molecular flexibility index (Phi) is 4.19. The molecule has 2 unspecified atom stereocenters. The maximum atomic E-state index is 14.0. The van der Waals surface area contributed by atoms with E-state index in [-0.39, 0.29) is 5.41 Å². The van der Waals surface area contributed by atoms with Gasteiger partial charge in [-0.05, 0) is 43.1 Å². The van der Waals surface area contributed by atoms with Crippen molar-refractivity contribution in [2.45, 2.75) is 58.4 Å². The Morgan fingerprint density at radius 2 is 1.85 bits per heavy atom. The molecule has 1 aliphatic rings. The Labute approximate surface area is 120 Å². The fraction of sp³-hybridized carbons (Fsp3) is 0.647. The van der Waals surface area contributed by atoms with Crippen LogP contribution in [0.4, 0.5) is 8.78 Å². The molecule has 0 amide bonds. The Balaban J connectivity index is 2.23. The van der Waals surface area contributed by atoms with E-state index in [9.17, 15) is 8.78 Å². The fourth-order valence-corrected chi connectivity index (χ4v) is 3.39. The Morgan fingerprint density at radius 3 is 2.45 bits per heavy atom. The molecule has 0 spiro atoms. The molecule has 2 atom stereocenters. The van der Waals surface area contributed by atoms with Crippen LogP contribution in [0.5, 0.6) is 0 Å². The smallest absolute Gasteiger partial charge is 0.131 e. The first-order valence-electron chi connectivity index (χ1n) is 7.47. The maximum absolute atomic E-state index is 14.0. The zero-order valence-electron chi connectivity index (χ0n) is 12.7. The summed E-state index contributed by atoms with van der Waals surface area (Å²) >= 11 is 0. The molecule has 1 aliphatic carbocycles. The second-order valence-electron chi connectivity index (χ2n) is 7.27. The summed E-state index contributed by atoms with van der Waals surface area (Å²) in [7, 11) is 0. The molecule has 0 aromatic heterocycles. The van der Waals surface area contributed by atoms with Crippen molar-refractivity contribution in [3.63, 3.8) is 0 Å². The van der Waals surface area contributed by atoms with Gasteiger partial charge in [-0.3, -0.25) is 0 Å². The normalized spacial score (nSPS) is 28.2. The van der Waals surface area contributed by atoms with E-state index in [1.54, 1.807) is 0 Å². The molecule has 1 saturated carbocycles. The molecule has 20 heavy (non-hydrogen) atoms. The van der Waals surface area contributed by atoms with Gasteiger partial charge in [-0.15, -0.1) is 0 Å². The molecule has 1 aromatic rings. The third kappa shape index (κ3) is 3.20. The summed E-state index contributed by atoms with van der Waals surface area (Å²) in [5, 5.41) is 0. The standard InChI is InChI=1S/C17H25F2N/c1-16(2,3)12-5-4-9-17(20,10-8-12)14-7-6-13(18)11-15(14)19/h6-7,11-12H,4-5,8-10,20H2,1-3H3. The van der Waals surface area contributed by atoms with Gasteiger partial charge in [0.25, 0.3) is 0 Å². The lowest BCUT2D eigenvalue weighted by Gasteiger charge is -2.32. The van der Waals surface area contributed by atoms with Gasteiger partial charge in [0.1, 0.15) is 11.6 Å². The zero-order valence-corrected chi connectivity index (χ0v) is 12.7. The zero-order chi connectivity index (χ0) is 15.0. The lowest BCUT2D eigenvalue weighted by molar-refractivity contribution is 0.210. The summed E-state index contributed by atoms with van der Waals surface area (Å²) in [6.07, 6.45) is 4.65. The van der Waals surface area contributed by atoms with Crippen molar-refractivity contribution in [3.05, 3.63) is 35.4 Å². The van der Waals surface area contributed by atoms with E-state index in [0.717, 1.165) is 38.2 Å². The SMILES string of the molecule is CC(C)(C)C1CCCC(N)(c2ccc(F)cc2F)CC1. The van der Waals surface area contributed by atoms with Gasteiger partial charge in [-0.1, -0.05) is 33.3 Å². The highest BCUT2D eigenvalue weighted by Gasteiger charge is 2.36. The van der Waals surface area contributed by atoms with Gasteiger partial charge in [0, 0.05) is 17.2 Å². The average Bonchev–Trinajstić information content (AvgIpc) is 2.51. The molecule has 112 valence electrons. The van der Waals surface area contributed by atoms with Crippen molar-refractivity contribution in [1.29, 1.82) is 0 Å². The fourth-order valence-electron chi connectivity index (χ4n) is 3.39. The van der Waals surface area contributed by atoms with Gasteiger partial charge in [0.05, 0.1) is 0 Å². The van der Waals surface area contributed by atoms with Gasteiger partial charge in [-0.2, -0.15) is 0 Å². The van der Waals surface area contributed by atoms with Crippen molar-refractivity contribution in [2.75, 3.05) is 0 Å². The van der Waals surface area contributed by atoms with Crippen LogP contribution in [-0.2, 0) is 5.54 Å². The van der Waals surface area contributed by atoms with E-state index >= 15 is 0 Å². The van der Waals surface area contributed by atoms with Crippen LogP contribution in [0.15, 0.2) is 18.2 Å². The molecule has 0 aliphatic heterocycles. The van der Waals surface area contributed by atoms with Gasteiger partial charge < -0.3 is 5.73 Å². The number of hydrogen-bond donors (Lipinski definition) is 1. The van der Waals surface area contributed by atoms with E-state index in [0.29, 0.717) is 11.5 Å². The molecule has 0 radical (unpaired) electrons. The third-order valence-corrected chi connectivity index (χ3v) is 4.81. The maximum Gasteiger partial charge on any atom is 0.131 e. The summed E-state index contributed by atoms with van der Waals surface area (Å²) in [6, 6.07) is 3.76. The predicted molar refractivity (Wildman–Crippen MR) is 78.3 cm³/mol. The van der Waals surface area contributed by atoms with Crippen LogP contribution in [-0.4, -0.2) is 0 Å². The van der Waals surface area contributed by atoms with Crippen molar-refractivity contribution in [1.82, 2.24) is 0 Å². The molecule has 1 nitrogen and oxygen atoms in total. The second kappa shape index (κ2) is 5.44. The second-order valence-corrected chi connectivity index (χ2v) is 7.27. The van der Waals surface area contributed by atoms with Gasteiger partial charge in [0.15, 0.2) is 0 Å². The number of benzene rings is 1.